The topological polar surface area (TPSA) is 62.5 Å². The molecule has 0 bridgehead atoms. The van der Waals surface area contributed by atoms with Crippen molar-refractivity contribution in [2.75, 3.05) is 11.9 Å². The lowest BCUT2D eigenvalue weighted by Crippen LogP contribution is -2.25. The number of aliphatic hydroxyl groups is 1. The van der Waals surface area contributed by atoms with E-state index < -0.39 is 0 Å². The maximum Gasteiger partial charge on any atom is 0.243 e. The van der Waals surface area contributed by atoms with E-state index in [9.17, 15) is 9.50 Å². The fourth-order valence-corrected chi connectivity index (χ4v) is 2.62. The van der Waals surface area contributed by atoms with Crippen molar-refractivity contribution < 1.29 is 9.50 Å². The minimum Gasteiger partial charge on any atom is -0.393 e. The maximum absolute atomic E-state index is 13.0. The summed E-state index contributed by atoms with van der Waals surface area (Å²) in [5, 5.41) is 17.0. The van der Waals surface area contributed by atoms with E-state index >= 15 is 0 Å². The van der Waals surface area contributed by atoms with Crippen molar-refractivity contribution in [3.8, 4) is 0 Å². The van der Waals surface area contributed by atoms with Gasteiger partial charge in [-0.1, -0.05) is 6.42 Å². The van der Waals surface area contributed by atoms with Crippen molar-refractivity contribution in [3.63, 3.8) is 0 Å². The summed E-state index contributed by atoms with van der Waals surface area (Å²) in [6.07, 6.45) is 5.04. The summed E-state index contributed by atoms with van der Waals surface area (Å²) < 4.78 is 14.5. The largest absolute Gasteiger partial charge is 0.393 e. The summed E-state index contributed by atoms with van der Waals surface area (Å²) in [4.78, 5) is 4.27. The number of hydrogen-bond acceptors (Lipinski definition) is 4. The van der Waals surface area contributed by atoms with E-state index in [1.165, 1.54) is 16.8 Å². The second-order valence-electron chi connectivity index (χ2n) is 5.15. The maximum atomic E-state index is 13.0. The van der Waals surface area contributed by atoms with Crippen LogP contribution in [-0.2, 0) is 0 Å². The molecule has 2 unspecified atom stereocenters. The van der Waals surface area contributed by atoms with Gasteiger partial charge in [0, 0.05) is 6.54 Å². The van der Waals surface area contributed by atoms with Crippen molar-refractivity contribution in [1.82, 2.24) is 14.6 Å². The number of nitrogens with zero attached hydrogens (tertiary/aromatic N) is 3. The van der Waals surface area contributed by atoms with E-state index in [0.29, 0.717) is 17.5 Å². The smallest absolute Gasteiger partial charge is 0.243 e. The van der Waals surface area contributed by atoms with E-state index in [4.69, 9.17) is 0 Å². The van der Waals surface area contributed by atoms with E-state index in [1.54, 1.807) is 6.07 Å². The predicted molar refractivity (Wildman–Crippen MR) is 69.4 cm³/mol. The van der Waals surface area contributed by atoms with Gasteiger partial charge < -0.3 is 10.4 Å². The number of rotatable bonds is 3. The average Bonchev–Trinajstić information content (AvgIpc) is 2.78. The number of halogens is 1. The highest BCUT2D eigenvalue weighted by Gasteiger charge is 2.20. The Labute approximate surface area is 110 Å². The first-order valence-electron chi connectivity index (χ1n) is 6.64. The first kappa shape index (κ1) is 12.3. The minimum absolute atomic E-state index is 0.177. The van der Waals surface area contributed by atoms with Gasteiger partial charge in [-0.25, -0.2) is 8.91 Å². The SMILES string of the molecule is OC1CCCC(CNc2nc3ccc(F)cn3n2)C1. The molecule has 102 valence electrons. The molecular weight excluding hydrogens is 247 g/mol. The molecule has 2 N–H and O–H groups in total. The van der Waals surface area contributed by atoms with Crippen LogP contribution >= 0.6 is 0 Å². The third kappa shape index (κ3) is 2.84. The van der Waals surface area contributed by atoms with E-state index in [-0.39, 0.29) is 11.9 Å². The van der Waals surface area contributed by atoms with Gasteiger partial charge in [-0.05, 0) is 37.3 Å². The monoisotopic (exact) mass is 264 g/mol. The average molecular weight is 264 g/mol. The van der Waals surface area contributed by atoms with Crippen LogP contribution in [0.5, 0.6) is 0 Å². The summed E-state index contributed by atoms with van der Waals surface area (Å²) in [6, 6.07) is 2.96. The highest BCUT2D eigenvalue weighted by molar-refractivity contribution is 5.43. The Balaban J connectivity index is 1.65. The molecule has 0 spiro atoms. The fourth-order valence-electron chi connectivity index (χ4n) is 2.62. The van der Waals surface area contributed by atoms with Crippen LogP contribution in [0, 0.1) is 11.7 Å². The molecule has 1 fully saturated rings. The second kappa shape index (κ2) is 5.13. The van der Waals surface area contributed by atoms with E-state index in [0.717, 1.165) is 32.2 Å². The van der Waals surface area contributed by atoms with Crippen molar-refractivity contribution >= 4 is 11.6 Å². The van der Waals surface area contributed by atoms with Crippen LogP contribution in [0.2, 0.25) is 0 Å². The van der Waals surface area contributed by atoms with Crippen molar-refractivity contribution in [2.24, 2.45) is 5.92 Å². The lowest BCUT2D eigenvalue weighted by molar-refractivity contribution is 0.104. The quantitative estimate of drug-likeness (QED) is 0.888. The second-order valence-corrected chi connectivity index (χ2v) is 5.15. The van der Waals surface area contributed by atoms with Gasteiger partial charge in [0.05, 0.1) is 12.3 Å². The molecule has 1 aliphatic rings. The highest BCUT2D eigenvalue weighted by atomic mass is 19.1. The Kier molecular flexibility index (Phi) is 3.33. The summed E-state index contributed by atoms with van der Waals surface area (Å²) in [7, 11) is 0. The summed E-state index contributed by atoms with van der Waals surface area (Å²) in [6.45, 7) is 0.746. The van der Waals surface area contributed by atoms with Gasteiger partial charge in [-0.3, -0.25) is 0 Å². The van der Waals surface area contributed by atoms with Gasteiger partial charge in [0.1, 0.15) is 5.82 Å². The summed E-state index contributed by atoms with van der Waals surface area (Å²) in [5.41, 5.74) is 0.618. The van der Waals surface area contributed by atoms with Crippen LogP contribution < -0.4 is 5.32 Å². The molecule has 1 saturated carbocycles. The Morgan fingerprint density at radius 3 is 3.16 bits per heavy atom. The van der Waals surface area contributed by atoms with Crippen LogP contribution in [0.1, 0.15) is 25.7 Å². The standard InChI is InChI=1S/C13H17FN4O/c14-10-4-5-12-16-13(17-18(12)8-10)15-7-9-2-1-3-11(19)6-9/h4-5,8-9,11,19H,1-3,6-7H2,(H,15,17). The zero-order valence-electron chi connectivity index (χ0n) is 10.6. The molecule has 0 radical (unpaired) electrons. The van der Waals surface area contributed by atoms with Crippen LogP contribution in [0.3, 0.4) is 0 Å². The van der Waals surface area contributed by atoms with E-state index in [1.807, 2.05) is 0 Å². The first-order chi connectivity index (χ1) is 9.20. The Morgan fingerprint density at radius 2 is 2.32 bits per heavy atom. The Bertz CT molecular complexity index is 571. The van der Waals surface area contributed by atoms with Gasteiger partial charge in [-0.2, -0.15) is 4.98 Å². The lowest BCUT2D eigenvalue weighted by Gasteiger charge is -2.25. The van der Waals surface area contributed by atoms with Crippen LogP contribution in [-0.4, -0.2) is 32.4 Å². The molecule has 0 saturated heterocycles. The molecule has 2 aromatic rings. The zero-order chi connectivity index (χ0) is 13.2. The zero-order valence-corrected chi connectivity index (χ0v) is 10.6. The number of nitrogens with one attached hydrogen (secondary N) is 1. The number of anilines is 1. The van der Waals surface area contributed by atoms with Gasteiger partial charge in [0.2, 0.25) is 5.95 Å². The summed E-state index contributed by atoms with van der Waals surface area (Å²) >= 11 is 0. The Hall–Kier alpha value is -1.69. The summed E-state index contributed by atoms with van der Waals surface area (Å²) in [5.74, 6) is 0.622. The normalized spacial score (nSPS) is 23.7. The van der Waals surface area contributed by atoms with Gasteiger partial charge in [-0.15, -0.1) is 5.10 Å². The molecule has 0 amide bonds. The van der Waals surface area contributed by atoms with Gasteiger partial charge >= 0.3 is 0 Å². The molecule has 2 aromatic heterocycles. The molecule has 1 aliphatic carbocycles. The first-order valence-corrected chi connectivity index (χ1v) is 6.64. The number of hydrogen-bond donors (Lipinski definition) is 2. The van der Waals surface area contributed by atoms with Crippen LogP contribution in [0.25, 0.3) is 5.65 Å². The van der Waals surface area contributed by atoms with E-state index in [2.05, 4.69) is 15.4 Å². The van der Waals surface area contributed by atoms with Crippen LogP contribution in [0.15, 0.2) is 18.3 Å². The molecule has 2 heterocycles. The van der Waals surface area contributed by atoms with Gasteiger partial charge in [0.25, 0.3) is 0 Å². The molecule has 5 nitrogen and oxygen atoms in total. The number of aliphatic hydroxyl groups excluding tert-OH is 1. The lowest BCUT2D eigenvalue weighted by atomic mass is 9.87. The third-order valence-corrected chi connectivity index (χ3v) is 3.60. The van der Waals surface area contributed by atoms with Crippen LogP contribution in [0.4, 0.5) is 10.3 Å². The molecular formula is C13H17FN4O. The Morgan fingerprint density at radius 1 is 1.42 bits per heavy atom. The predicted octanol–water partition coefficient (Wildman–Crippen LogP) is 1.83. The van der Waals surface area contributed by atoms with Gasteiger partial charge in [0.15, 0.2) is 5.65 Å². The molecule has 0 aromatic carbocycles. The number of pyridine rings is 1. The fraction of sp³-hybridized carbons (Fsp3) is 0.538. The molecule has 0 aliphatic heterocycles. The number of fused-ring (bicyclic) bond motifs is 1. The third-order valence-electron chi connectivity index (χ3n) is 3.60. The molecule has 3 rings (SSSR count). The van der Waals surface area contributed by atoms with Crippen molar-refractivity contribution in [2.45, 2.75) is 31.8 Å². The van der Waals surface area contributed by atoms with Crippen molar-refractivity contribution in [3.05, 3.63) is 24.1 Å². The minimum atomic E-state index is -0.334. The van der Waals surface area contributed by atoms with Crippen molar-refractivity contribution in [1.29, 1.82) is 0 Å². The molecule has 2 atom stereocenters. The molecule has 19 heavy (non-hydrogen) atoms. The highest BCUT2D eigenvalue weighted by Crippen LogP contribution is 2.24. The number of aromatic nitrogens is 3. The molecule has 6 heteroatoms.